The molecule has 1 aliphatic rings. The average Bonchev–Trinajstić information content (AvgIpc) is 3.35. The number of rotatable bonds is 8. The van der Waals surface area contributed by atoms with Crippen LogP contribution in [0.15, 0.2) is 11.6 Å². The van der Waals surface area contributed by atoms with Gasteiger partial charge in [-0.05, 0) is 44.4 Å². The third-order valence-electron chi connectivity index (χ3n) is 4.05. The van der Waals surface area contributed by atoms with E-state index >= 15 is 0 Å². The van der Waals surface area contributed by atoms with Gasteiger partial charge in [-0.1, -0.05) is 0 Å². The van der Waals surface area contributed by atoms with Crippen LogP contribution in [0, 0.1) is 25.2 Å². The molecule has 1 amide bonds. The van der Waals surface area contributed by atoms with Crippen LogP contribution in [0.5, 0.6) is 0 Å². The van der Waals surface area contributed by atoms with Crippen LogP contribution in [0.4, 0.5) is 0 Å². The second-order valence-corrected chi connectivity index (χ2v) is 6.06. The summed E-state index contributed by atoms with van der Waals surface area (Å²) in [7, 11) is 1.64. The minimum Gasteiger partial charge on any atom is -0.451 e. The molecular weight excluding hydrogens is 322 g/mol. The van der Waals surface area contributed by atoms with Crippen LogP contribution in [-0.2, 0) is 25.6 Å². The number of nitrogens with one attached hydrogen (secondary N) is 1. The third kappa shape index (κ3) is 5.19. The zero-order valence-electron chi connectivity index (χ0n) is 14.8. The lowest BCUT2D eigenvalue weighted by molar-refractivity contribution is -0.144. The molecule has 1 saturated carbocycles. The summed E-state index contributed by atoms with van der Waals surface area (Å²) in [5, 5.41) is 12.0. The average molecular weight is 345 g/mol. The maximum absolute atomic E-state index is 12.0. The van der Waals surface area contributed by atoms with Gasteiger partial charge < -0.3 is 19.4 Å². The van der Waals surface area contributed by atoms with Crippen molar-refractivity contribution in [2.24, 2.45) is 0 Å². The highest BCUT2D eigenvalue weighted by Gasteiger charge is 2.24. The number of hydrogen-bond acceptors (Lipinski definition) is 5. The summed E-state index contributed by atoms with van der Waals surface area (Å²) >= 11 is 0. The summed E-state index contributed by atoms with van der Waals surface area (Å²) < 4.78 is 12.1. The fourth-order valence-corrected chi connectivity index (χ4v) is 2.50. The number of amides is 1. The predicted molar refractivity (Wildman–Crippen MR) is 91.5 cm³/mol. The Bertz CT molecular complexity index is 723. The van der Waals surface area contributed by atoms with E-state index in [0.717, 1.165) is 29.8 Å². The van der Waals surface area contributed by atoms with Crippen molar-refractivity contribution < 1.29 is 19.1 Å². The van der Waals surface area contributed by atoms with Gasteiger partial charge in [0, 0.05) is 31.1 Å². The standard InChI is InChI=1S/C18H23N3O4/c1-12-8-14(13(2)21(12)6-7-24-3)9-15(10-19)18(23)25-11-17(22)20-16-4-5-16/h8-9,16H,4-7,11H2,1-3H3,(H,20,22). The Balaban J connectivity index is 2.04. The highest BCUT2D eigenvalue weighted by Crippen LogP contribution is 2.19. The van der Waals surface area contributed by atoms with Crippen molar-refractivity contribution in [1.29, 1.82) is 5.26 Å². The normalized spacial score (nSPS) is 14.1. The number of carbonyl (C=O) groups is 2. The summed E-state index contributed by atoms with van der Waals surface area (Å²) in [5.74, 6) is -1.14. The number of hydrogen-bond donors (Lipinski definition) is 1. The summed E-state index contributed by atoms with van der Waals surface area (Å²) in [6, 6.07) is 3.95. The summed E-state index contributed by atoms with van der Waals surface area (Å²) in [6.07, 6.45) is 3.41. The van der Waals surface area contributed by atoms with Crippen LogP contribution in [0.3, 0.4) is 0 Å². The first-order valence-corrected chi connectivity index (χ1v) is 8.20. The molecule has 1 aliphatic carbocycles. The van der Waals surface area contributed by atoms with Crippen LogP contribution in [0.25, 0.3) is 6.08 Å². The van der Waals surface area contributed by atoms with Gasteiger partial charge in [-0.2, -0.15) is 5.26 Å². The zero-order chi connectivity index (χ0) is 18.4. The first-order chi connectivity index (χ1) is 12.0. The third-order valence-corrected chi connectivity index (χ3v) is 4.05. The van der Waals surface area contributed by atoms with Gasteiger partial charge in [0.15, 0.2) is 6.61 Å². The maximum atomic E-state index is 12.0. The lowest BCUT2D eigenvalue weighted by Gasteiger charge is -2.08. The van der Waals surface area contributed by atoms with E-state index in [2.05, 4.69) is 9.88 Å². The molecule has 0 saturated heterocycles. The number of nitrogens with zero attached hydrogens (tertiary/aromatic N) is 2. The van der Waals surface area contributed by atoms with E-state index < -0.39 is 5.97 Å². The molecule has 7 heteroatoms. The Morgan fingerprint density at radius 2 is 2.16 bits per heavy atom. The van der Waals surface area contributed by atoms with E-state index in [1.165, 1.54) is 6.08 Å². The Morgan fingerprint density at radius 1 is 1.44 bits per heavy atom. The number of methoxy groups -OCH3 is 1. The van der Waals surface area contributed by atoms with Gasteiger partial charge >= 0.3 is 5.97 Å². The monoisotopic (exact) mass is 345 g/mol. The molecule has 1 aromatic rings. The number of ether oxygens (including phenoxy) is 2. The fourth-order valence-electron chi connectivity index (χ4n) is 2.50. The van der Waals surface area contributed by atoms with Crippen LogP contribution in [-0.4, -0.2) is 42.8 Å². The van der Waals surface area contributed by atoms with Crippen LogP contribution >= 0.6 is 0 Å². The molecule has 7 nitrogen and oxygen atoms in total. The van der Waals surface area contributed by atoms with E-state index in [-0.39, 0.29) is 24.1 Å². The van der Waals surface area contributed by atoms with Crippen molar-refractivity contribution in [3.63, 3.8) is 0 Å². The molecule has 2 rings (SSSR count). The van der Waals surface area contributed by atoms with Crippen LogP contribution in [0.1, 0.15) is 29.8 Å². The highest BCUT2D eigenvalue weighted by atomic mass is 16.5. The number of carbonyl (C=O) groups excluding carboxylic acids is 2. The molecule has 0 radical (unpaired) electrons. The Morgan fingerprint density at radius 3 is 2.76 bits per heavy atom. The lowest BCUT2D eigenvalue weighted by atomic mass is 10.1. The predicted octanol–water partition coefficient (Wildman–Crippen LogP) is 1.48. The molecule has 1 fully saturated rings. The molecule has 1 heterocycles. The van der Waals surface area contributed by atoms with E-state index in [9.17, 15) is 14.9 Å². The van der Waals surface area contributed by atoms with Gasteiger partial charge in [0.1, 0.15) is 11.6 Å². The lowest BCUT2D eigenvalue weighted by Crippen LogP contribution is -2.30. The molecule has 0 aliphatic heterocycles. The van der Waals surface area contributed by atoms with Gasteiger partial charge in [-0.3, -0.25) is 4.79 Å². The molecule has 25 heavy (non-hydrogen) atoms. The SMILES string of the molecule is COCCn1c(C)cc(C=C(C#N)C(=O)OCC(=O)NC2CC2)c1C. The van der Waals surface area contributed by atoms with Gasteiger partial charge in [-0.25, -0.2) is 4.79 Å². The molecule has 134 valence electrons. The Hall–Kier alpha value is -2.59. The zero-order valence-corrected chi connectivity index (χ0v) is 14.8. The van der Waals surface area contributed by atoms with E-state index in [1.807, 2.05) is 26.0 Å². The Kier molecular flexibility index (Phi) is 6.37. The molecule has 0 unspecified atom stereocenters. The molecule has 0 bridgehead atoms. The summed E-state index contributed by atoms with van der Waals surface area (Å²) in [4.78, 5) is 23.6. The molecule has 0 spiro atoms. The van der Waals surface area contributed by atoms with Crippen LogP contribution < -0.4 is 5.32 Å². The minimum absolute atomic E-state index is 0.133. The second-order valence-electron chi connectivity index (χ2n) is 6.06. The van der Waals surface area contributed by atoms with Crippen molar-refractivity contribution >= 4 is 18.0 Å². The second kappa shape index (κ2) is 8.49. The maximum Gasteiger partial charge on any atom is 0.349 e. The fraction of sp³-hybridized carbons (Fsp3) is 0.500. The first kappa shape index (κ1) is 18.7. The molecule has 1 N–H and O–H groups in total. The largest absolute Gasteiger partial charge is 0.451 e. The highest BCUT2D eigenvalue weighted by molar-refractivity contribution is 5.99. The number of aryl methyl sites for hydroxylation is 1. The van der Waals surface area contributed by atoms with Crippen molar-refractivity contribution in [1.82, 2.24) is 9.88 Å². The quantitative estimate of drug-likeness (QED) is 0.438. The van der Waals surface area contributed by atoms with Crippen LogP contribution in [0.2, 0.25) is 0 Å². The van der Waals surface area contributed by atoms with Crippen molar-refractivity contribution in [2.45, 2.75) is 39.3 Å². The van der Waals surface area contributed by atoms with Gasteiger partial charge in [0.05, 0.1) is 6.61 Å². The molecular formula is C18H23N3O4. The number of nitriles is 1. The molecule has 0 atom stereocenters. The molecule has 1 aromatic heterocycles. The number of esters is 1. The Labute approximate surface area is 147 Å². The van der Waals surface area contributed by atoms with Crippen molar-refractivity contribution in [2.75, 3.05) is 20.3 Å². The van der Waals surface area contributed by atoms with Crippen molar-refractivity contribution in [3.8, 4) is 6.07 Å². The van der Waals surface area contributed by atoms with Gasteiger partial charge in [0.25, 0.3) is 5.91 Å². The van der Waals surface area contributed by atoms with E-state index in [0.29, 0.717) is 13.2 Å². The smallest absolute Gasteiger partial charge is 0.349 e. The number of aromatic nitrogens is 1. The van der Waals surface area contributed by atoms with E-state index in [4.69, 9.17) is 9.47 Å². The summed E-state index contributed by atoms with van der Waals surface area (Å²) in [6.45, 7) is 4.75. The van der Waals surface area contributed by atoms with Gasteiger partial charge in [0.2, 0.25) is 0 Å². The van der Waals surface area contributed by atoms with Crippen molar-refractivity contribution in [3.05, 3.63) is 28.6 Å². The summed E-state index contributed by atoms with van der Waals surface area (Å²) in [5.41, 5.74) is 2.58. The van der Waals surface area contributed by atoms with Gasteiger partial charge in [-0.15, -0.1) is 0 Å². The minimum atomic E-state index is -0.796. The topological polar surface area (TPSA) is 93.3 Å². The first-order valence-electron chi connectivity index (χ1n) is 8.20. The molecule has 0 aromatic carbocycles. The van der Waals surface area contributed by atoms with E-state index in [1.54, 1.807) is 7.11 Å².